The zero-order chi connectivity index (χ0) is 19.2. The van der Waals surface area contributed by atoms with Gasteiger partial charge >= 0.3 is 0 Å². The predicted octanol–water partition coefficient (Wildman–Crippen LogP) is 3.86. The molecular formula is C23H22N4O. The lowest BCUT2D eigenvalue weighted by atomic mass is 10.1. The van der Waals surface area contributed by atoms with Gasteiger partial charge in [-0.25, -0.2) is 0 Å². The second-order valence-corrected chi connectivity index (χ2v) is 6.77. The third-order valence-electron chi connectivity index (χ3n) is 5.00. The quantitative estimate of drug-likeness (QED) is 0.683. The van der Waals surface area contributed by atoms with Crippen molar-refractivity contribution in [3.63, 3.8) is 0 Å². The van der Waals surface area contributed by atoms with Crippen molar-refractivity contribution in [1.29, 1.82) is 5.26 Å². The van der Waals surface area contributed by atoms with Gasteiger partial charge < -0.3 is 14.5 Å². The van der Waals surface area contributed by atoms with Gasteiger partial charge in [0.2, 0.25) is 0 Å². The Hall–Kier alpha value is -3.52. The Kier molecular flexibility index (Phi) is 5.39. The fourth-order valence-electron chi connectivity index (χ4n) is 3.37. The van der Waals surface area contributed by atoms with Crippen LogP contribution in [0.5, 0.6) is 5.75 Å². The van der Waals surface area contributed by atoms with Gasteiger partial charge in [0, 0.05) is 49.9 Å². The number of pyridine rings is 1. The topological polar surface area (TPSA) is 52.4 Å². The minimum Gasteiger partial charge on any atom is -0.489 e. The predicted molar refractivity (Wildman–Crippen MR) is 111 cm³/mol. The van der Waals surface area contributed by atoms with Crippen molar-refractivity contribution in [2.75, 3.05) is 36.0 Å². The highest BCUT2D eigenvalue weighted by atomic mass is 16.5. The zero-order valence-corrected chi connectivity index (χ0v) is 15.7. The van der Waals surface area contributed by atoms with Gasteiger partial charge in [0.1, 0.15) is 12.4 Å². The first kappa shape index (κ1) is 17.9. The van der Waals surface area contributed by atoms with Gasteiger partial charge in [0.25, 0.3) is 0 Å². The number of aromatic nitrogens is 1. The monoisotopic (exact) mass is 370 g/mol. The summed E-state index contributed by atoms with van der Waals surface area (Å²) < 4.78 is 5.87. The molecule has 1 aliphatic heterocycles. The van der Waals surface area contributed by atoms with E-state index in [0.717, 1.165) is 37.5 Å². The summed E-state index contributed by atoms with van der Waals surface area (Å²) >= 11 is 0. The number of benzene rings is 2. The highest BCUT2D eigenvalue weighted by Gasteiger charge is 2.17. The minimum atomic E-state index is 0.496. The first-order chi connectivity index (χ1) is 13.8. The summed E-state index contributed by atoms with van der Waals surface area (Å²) in [5.41, 5.74) is 4.17. The molecule has 3 aromatic rings. The molecule has 1 aliphatic rings. The number of hydrogen-bond donors (Lipinski definition) is 0. The van der Waals surface area contributed by atoms with Gasteiger partial charge in [0.05, 0.1) is 11.6 Å². The molecule has 2 aromatic carbocycles. The van der Waals surface area contributed by atoms with Gasteiger partial charge in [-0.3, -0.25) is 4.98 Å². The zero-order valence-electron chi connectivity index (χ0n) is 15.7. The van der Waals surface area contributed by atoms with Crippen molar-refractivity contribution in [1.82, 2.24) is 4.98 Å². The SMILES string of the molecule is N#Cc1ccc(COc2ccc(N3CCN(c4ccncc4)CC3)cc2)cc1. The molecule has 5 nitrogen and oxygen atoms in total. The van der Waals surface area contributed by atoms with Crippen molar-refractivity contribution in [3.8, 4) is 11.8 Å². The highest BCUT2D eigenvalue weighted by Crippen LogP contribution is 2.23. The van der Waals surface area contributed by atoms with Crippen molar-refractivity contribution < 1.29 is 4.74 Å². The van der Waals surface area contributed by atoms with Crippen LogP contribution < -0.4 is 14.5 Å². The lowest BCUT2D eigenvalue weighted by Crippen LogP contribution is -2.46. The molecule has 0 aliphatic carbocycles. The number of anilines is 2. The van der Waals surface area contributed by atoms with Crippen LogP contribution in [0.2, 0.25) is 0 Å². The standard InChI is InChI=1S/C23H22N4O/c24-17-19-1-3-20(4-2-19)18-28-23-7-5-21(6-8-23)26-13-15-27(16-14-26)22-9-11-25-12-10-22/h1-12H,13-16,18H2. The number of hydrogen-bond acceptors (Lipinski definition) is 5. The molecule has 0 saturated carbocycles. The molecule has 0 spiro atoms. The Balaban J connectivity index is 1.30. The third kappa shape index (κ3) is 4.24. The van der Waals surface area contributed by atoms with E-state index in [1.165, 1.54) is 11.4 Å². The Morgan fingerprint density at radius 2 is 1.36 bits per heavy atom. The molecule has 1 saturated heterocycles. The summed E-state index contributed by atoms with van der Waals surface area (Å²) in [7, 11) is 0. The van der Waals surface area contributed by atoms with Crippen molar-refractivity contribution >= 4 is 11.4 Å². The van der Waals surface area contributed by atoms with E-state index in [0.29, 0.717) is 12.2 Å². The van der Waals surface area contributed by atoms with Gasteiger partial charge in [0.15, 0.2) is 0 Å². The molecule has 0 radical (unpaired) electrons. The largest absolute Gasteiger partial charge is 0.489 e. The van der Waals surface area contributed by atoms with E-state index in [-0.39, 0.29) is 0 Å². The molecule has 5 heteroatoms. The summed E-state index contributed by atoms with van der Waals surface area (Å²) in [4.78, 5) is 8.89. The molecular weight excluding hydrogens is 348 g/mol. The molecule has 4 rings (SSSR count). The normalized spacial score (nSPS) is 13.8. The van der Waals surface area contributed by atoms with Crippen LogP contribution in [0.1, 0.15) is 11.1 Å². The first-order valence-electron chi connectivity index (χ1n) is 9.44. The molecule has 0 bridgehead atoms. The smallest absolute Gasteiger partial charge is 0.119 e. The summed E-state index contributed by atoms with van der Waals surface area (Å²) in [6.45, 7) is 4.49. The number of nitrogens with zero attached hydrogens (tertiary/aromatic N) is 4. The summed E-state index contributed by atoms with van der Waals surface area (Å²) in [5, 5.41) is 8.85. The lowest BCUT2D eigenvalue weighted by molar-refractivity contribution is 0.306. The molecule has 0 unspecified atom stereocenters. The van der Waals surface area contributed by atoms with Crippen molar-refractivity contribution in [2.45, 2.75) is 6.61 Å². The maximum atomic E-state index is 8.85. The van der Waals surface area contributed by atoms with Crippen molar-refractivity contribution in [2.24, 2.45) is 0 Å². The van der Waals surface area contributed by atoms with Crippen molar-refractivity contribution in [3.05, 3.63) is 84.2 Å². The minimum absolute atomic E-state index is 0.496. The average molecular weight is 370 g/mol. The average Bonchev–Trinajstić information content (AvgIpc) is 2.79. The molecule has 28 heavy (non-hydrogen) atoms. The number of piperazine rings is 1. The molecule has 1 fully saturated rings. The van der Waals surface area contributed by atoms with Crippen LogP contribution in [-0.2, 0) is 6.61 Å². The molecule has 140 valence electrons. The van der Waals surface area contributed by atoms with Gasteiger partial charge in [-0.15, -0.1) is 0 Å². The van der Waals surface area contributed by atoms with Crippen LogP contribution in [0.4, 0.5) is 11.4 Å². The molecule has 1 aromatic heterocycles. The maximum Gasteiger partial charge on any atom is 0.119 e. The van der Waals surface area contributed by atoms with Gasteiger partial charge in [-0.05, 0) is 54.1 Å². The molecule has 2 heterocycles. The second kappa shape index (κ2) is 8.45. The third-order valence-corrected chi connectivity index (χ3v) is 5.00. The van der Waals surface area contributed by atoms with Gasteiger partial charge in [-0.2, -0.15) is 5.26 Å². The highest BCUT2D eigenvalue weighted by molar-refractivity contribution is 5.52. The van der Waals surface area contributed by atoms with E-state index in [4.69, 9.17) is 10.00 Å². The number of nitriles is 1. The van der Waals surface area contributed by atoms with E-state index in [1.54, 1.807) is 0 Å². The van der Waals surface area contributed by atoms with Crippen LogP contribution in [0, 0.1) is 11.3 Å². The molecule has 0 amide bonds. The van der Waals surface area contributed by atoms with Crippen LogP contribution in [0.25, 0.3) is 0 Å². The van der Waals surface area contributed by atoms with E-state index in [2.05, 4.69) is 45.1 Å². The number of ether oxygens (including phenoxy) is 1. The summed E-state index contributed by atoms with van der Waals surface area (Å²) in [6.07, 6.45) is 3.69. The molecule has 0 atom stereocenters. The number of rotatable bonds is 5. The maximum absolute atomic E-state index is 8.85. The Labute approximate surface area is 165 Å². The van der Waals surface area contributed by atoms with Crippen LogP contribution in [-0.4, -0.2) is 31.2 Å². The Morgan fingerprint density at radius 3 is 1.93 bits per heavy atom. The fourth-order valence-corrected chi connectivity index (χ4v) is 3.37. The van der Waals surface area contributed by atoms with Crippen LogP contribution in [0.3, 0.4) is 0 Å². The van der Waals surface area contributed by atoms with Crippen LogP contribution in [0.15, 0.2) is 73.1 Å². The Morgan fingerprint density at radius 1 is 0.786 bits per heavy atom. The van der Waals surface area contributed by atoms with E-state index < -0.39 is 0 Å². The summed E-state index contributed by atoms with van der Waals surface area (Å²) in [5.74, 6) is 0.850. The van der Waals surface area contributed by atoms with Crippen LogP contribution >= 0.6 is 0 Å². The Bertz CT molecular complexity index is 925. The fraction of sp³-hybridized carbons (Fsp3) is 0.217. The van der Waals surface area contributed by atoms with E-state index in [9.17, 15) is 0 Å². The lowest BCUT2D eigenvalue weighted by Gasteiger charge is -2.37. The van der Waals surface area contributed by atoms with E-state index >= 15 is 0 Å². The summed E-state index contributed by atoms with van der Waals surface area (Å²) in [6, 6.07) is 22.0. The first-order valence-corrected chi connectivity index (χ1v) is 9.44. The van der Waals surface area contributed by atoms with E-state index in [1.807, 2.05) is 48.8 Å². The second-order valence-electron chi connectivity index (χ2n) is 6.77. The molecule has 0 N–H and O–H groups in total. The van der Waals surface area contributed by atoms with Gasteiger partial charge in [-0.1, -0.05) is 12.1 Å².